The second-order valence-corrected chi connectivity index (χ2v) is 8.56. The monoisotopic (exact) mass is 537 g/mol. The highest BCUT2D eigenvalue weighted by atomic mass is 19.1. The number of nitrogens with zero attached hydrogens (tertiary/aromatic N) is 2. The molecule has 0 bridgehead atoms. The Morgan fingerprint density at radius 1 is 0.949 bits per heavy atom. The van der Waals surface area contributed by atoms with Crippen molar-refractivity contribution in [2.75, 3.05) is 24.7 Å². The Kier molecular flexibility index (Phi) is 9.05. The number of hydrogen-bond acceptors (Lipinski definition) is 5. The molecule has 0 saturated heterocycles. The molecular formula is C27H25F2N5O5. The number of carbonyl (C=O) groups excluding carboxylic acids is 3. The van der Waals surface area contributed by atoms with Gasteiger partial charge in [-0.25, -0.2) is 8.78 Å². The predicted octanol–water partition coefficient (Wildman–Crippen LogP) is 2.93. The van der Waals surface area contributed by atoms with E-state index in [1.165, 1.54) is 52.9 Å². The van der Waals surface area contributed by atoms with Gasteiger partial charge in [0.1, 0.15) is 22.7 Å². The maximum Gasteiger partial charge on any atom is 0.261 e. The van der Waals surface area contributed by atoms with Crippen LogP contribution in [0.15, 0.2) is 70.4 Å². The zero-order valence-corrected chi connectivity index (χ0v) is 21.2. The van der Waals surface area contributed by atoms with E-state index in [2.05, 4.69) is 15.6 Å². The van der Waals surface area contributed by atoms with Crippen LogP contribution in [0.5, 0.6) is 0 Å². The molecular weight excluding hydrogens is 512 g/mol. The lowest BCUT2D eigenvalue weighted by molar-refractivity contribution is -0.116. The average molecular weight is 538 g/mol. The van der Waals surface area contributed by atoms with Gasteiger partial charge < -0.3 is 25.1 Å². The number of rotatable bonds is 6. The number of aromatic amines is 1. The normalized spacial score (nSPS) is 10.3. The van der Waals surface area contributed by atoms with Crippen molar-refractivity contribution in [1.82, 2.24) is 14.5 Å². The number of hydrogen-bond donors (Lipinski definition) is 3. The van der Waals surface area contributed by atoms with Crippen molar-refractivity contribution < 1.29 is 23.2 Å². The minimum absolute atomic E-state index is 0.169. The van der Waals surface area contributed by atoms with Crippen molar-refractivity contribution in [3.8, 4) is 0 Å². The Morgan fingerprint density at radius 2 is 1.51 bits per heavy atom. The largest absolute Gasteiger partial charge is 0.351 e. The standard InChI is InChI=1S/C24H18F2N4O4.C3H7NO/c1-13(31)27-14-5-7-15(8-6-14)28-24(34)17-12-30(11-16-18(25)3-2-4-19(16)26)20-9-10-21(32)29-22(20)23(17)33;1-4(2)3-5/h2-10,12H,11H2,1H3,(H,27,31)(H,28,34)(H,29,32);3H,1-2H3. The van der Waals surface area contributed by atoms with Crippen LogP contribution < -0.4 is 21.6 Å². The van der Waals surface area contributed by atoms with E-state index in [1.807, 2.05) is 0 Å². The Bertz CT molecular complexity index is 1630. The first-order valence-electron chi connectivity index (χ1n) is 11.5. The van der Waals surface area contributed by atoms with Gasteiger partial charge in [0, 0.05) is 50.2 Å². The van der Waals surface area contributed by atoms with E-state index in [0.29, 0.717) is 11.4 Å². The van der Waals surface area contributed by atoms with Gasteiger partial charge in [-0.15, -0.1) is 0 Å². The molecule has 202 valence electrons. The topological polar surface area (TPSA) is 133 Å². The van der Waals surface area contributed by atoms with Crippen molar-refractivity contribution in [2.45, 2.75) is 13.5 Å². The summed E-state index contributed by atoms with van der Waals surface area (Å²) in [5.74, 6) is -2.62. The Labute approximate surface area is 220 Å². The SMILES string of the molecule is CC(=O)Nc1ccc(NC(=O)c2cn(Cc3c(F)cccc3F)c3ccc(=O)[nH]c3c2=O)cc1.CN(C)C=O. The molecule has 3 amide bonds. The average Bonchev–Trinajstić information content (AvgIpc) is 2.88. The first-order valence-corrected chi connectivity index (χ1v) is 11.5. The minimum Gasteiger partial charge on any atom is -0.351 e. The number of amides is 3. The number of anilines is 2. The summed E-state index contributed by atoms with van der Waals surface area (Å²) < 4.78 is 29.8. The molecule has 39 heavy (non-hydrogen) atoms. The summed E-state index contributed by atoms with van der Waals surface area (Å²) in [6.07, 6.45) is 1.94. The number of benzene rings is 2. The lowest BCUT2D eigenvalue weighted by Crippen LogP contribution is -2.26. The number of carbonyl (C=O) groups is 3. The van der Waals surface area contributed by atoms with Gasteiger partial charge in [0.2, 0.25) is 23.3 Å². The second-order valence-electron chi connectivity index (χ2n) is 8.56. The molecule has 10 nitrogen and oxygen atoms in total. The summed E-state index contributed by atoms with van der Waals surface area (Å²) in [5.41, 5.74) is -1.03. The summed E-state index contributed by atoms with van der Waals surface area (Å²) in [7, 11) is 3.38. The van der Waals surface area contributed by atoms with Crippen LogP contribution in [0.3, 0.4) is 0 Å². The molecule has 0 aliphatic heterocycles. The quantitative estimate of drug-likeness (QED) is 0.325. The molecule has 4 rings (SSSR count). The molecule has 0 spiro atoms. The number of aromatic nitrogens is 2. The molecule has 12 heteroatoms. The summed E-state index contributed by atoms with van der Waals surface area (Å²) in [5, 5.41) is 5.16. The molecule has 0 radical (unpaired) electrons. The number of halogens is 2. The molecule has 2 aromatic carbocycles. The number of nitrogens with one attached hydrogen (secondary N) is 3. The van der Waals surface area contributed by atoms with Crippen LogP contribution in [0.2, 0.25) is 0 Å². The highest BCUT2D eigenvalue weighted by Gasteiger charge is 2.18. The smallest absolute Gasteiger partial charge is 0.261 e. The third kappa shape index (κ3) is 7.22. The first kappa shape index (κ1) is 28.4. The van der Waals surface area contributed by atoms with Crippen LogP contribution in [0.1, 0.15) is 22.8 Å². The van der Waals surface area contributed by atoms with E-state index in [9.17, 15) is 32.8 Å². The van der Waals surface area contributed by atoms with Gasteiger partial charge in [0.15, 0.2) is 0 Å². The number of H-pyrrole nitrogens is 1. The van der Waals surface area contributed by atoms with E-state index in [4.69, 9.17) is 0 Å². The van der Waals surface area contributed by atoms with Crippen molar-refractivity contribution in [2.24, 2.45) is 0 Å². The van der Waals surface area contributed by atoms with Crippen LogP contribution in [0, 0.1) is 11.6 Å². The maximum atomic E-state index is 14.3. The van der Waals surface area contributed by atoms with Gasteiger partial charge in [0.05, 0.1) is 12.1 Å². The van der Waals surface area contributed by atoms with E-state index in [0.717, 1.165) is 18.5 Å². The molecule has 4 aromatic rings. The molecule has 0 atom stereocenters. The molecule has 0 fully saturated rings. The lowest BCUT2D eigenvalue weighted by atomic mass is 10.1. The Morgan fingerprint density at radius 3 is 2.05 bits per heavy atom. The zero-order chi connectivity index (χ0) is 28.7. The van der Waals surface area contributed by atoms with Crippen molar-refractivity contribution in [3.63, 3.8) is 0 Å². The lowest BCUT2D eigenvalue weighted by Gasteiger charge is -2.14. The predicted molar refractivity (Wildman–Crippen MR) is 143 cm³/mol. The maximum absolute atomic E-state index is 14.3. The van der Waals surface area contributed by atoms with Gasteiger partial charge in [0.25, 0.3) is 5.91 Å². The van der Waals surface area contributed by atoms with Crippen molar-refractivity contribution in [1.29, 1.82) is 0 Å². The van der Waals surface area contributed by atoms with E-state index in [1.54, 1.807) is 26.2 Å². The summed E-state index contributed by atoms with van der Waals surface area (Å²) >= 11 is 0. The minimum atomic E-state index is -0.790. The third-order valence-electron chi connectivity index (χ3n) is 5.27. The van der Waals surface area contributed by atoms with Crippen LogP contribution in [0.4, 0.5) is 20.2 Å². The van der Waals surface area contributed by atoms with E-state index < -0.39 is 28.5 Å². The van der Waals surface area contributed by atoms with Gasteiger partial charge in [-0.05, 0) is 42.5 Å². The summed E-state index contributed by atoms with van der Waals surface area (Å²) in [6.45, 7) is 1.03. The van der Waals surface area contributed by atoms with Gasteiger partial charge >= 0.3 is 0 Å². The molecule has 2 aromatic heterocycles. The number of fused-ring (bicyclic) bond motifs is 1. The van der Waals surface area contributed by atoms with Gasteiger partial charge in [-0.2, -0.15) is 0 Å². The van der Waals surface area contributed by atoms with Crippen LogP contribution >= 0.6 is 0 Å². The summed E-state index contributed by atoms with van der Waals surface area (Å²) in [6, 6.07) is 12.1. The molecule has 0 aliphatic rings. The Balaban J connectivity index is 0.000000771. The van der Waals surface area contributed by atoms with Gasteiger partial charge in [-0.3, -0.25) is 24.0 Å². The molecule has 3 N–H and O–H groups in total. The first-order chi connectivity index (χ1) is 18.5. The van der Waals surface area contributed by atoms with Crippen molar-refractivity contribution in [3.05, 3.63) is 104 Å². The molecule has 0 unspecified atom stereocenters. The fourth-order valence-corrected chi connectivity index (χ4v) is 3.48. The number of pyridine rings is 2. The van der Waals surface area contributed by atoms with E-state index >= 15 is 0 Å². The van der Waals surface area contributed by atoms with E-state index in [-0.39, 0.29) is 34.6 Å². The molecule has 0 aliphatic carbocycles. The second kappa shape index (κ2) is 12.4. The highest BCUT2D eigenvalue weighted by molar-refractivity contribution is 6.05. The Hall–Kier alpha value is -5.13. The molecule has 0 saturated carbocycles. The van der Waals surface area contributed by atoms with Crippen LogP contribution in [0.25, 0.3) is 11.0 Å². The fraction of sp³-hybridized carbons (Fsp3) is 0.148. The zero-order valence-electron chi connectivity index (χ0n) is 21.2. The van der Waals surface area contributed by atoms with Crippen LogP contribution in [-0.4, -0.2) is 46.8 Å². The highest BCUT2D eigenvalue weighted by Crippen LogP contribution is 2.18. The van der Waals surface area contributed by atoms with Gasteiger partial charge in [-0.1, -0.05) is 6.07 Å². The third-order valence-corrected chi connectivity index (χ3v) is 5.27. The summed E-state index contributed by atoms with van der Waals surface area (Å²) in [4.78, 5) is 62.2. The molecule has 2 heterocycles. The van der Waals surface area contributed by atoms with Crippen LogP contribution in [-0.2, 0) is 16.1 Å². The van der Waals surface area contributed by atoms with Crippen molar-refractivity contribution >= 4 is 40.6 Å². The fourth-order valence-electron chi connectivity index (χ4n) is 3.48.